The molecule has 16 heavy (non-hydrogen) atoms. The summed E-state index contributed by atoms with van der Waals surface area (Å²) in [6.07, 6.45) is 9.28. The topological polar surface area (TPSA) is 37.3 Å². The maximum Gasteiger partial charge on any atom is 0.330 e. The summed E-state index contributed by atoms with van der Waals surface area (Å²) < 4.78 is 0. The molecule has 0 aromatic carbocycles. The monoisotopic (exact) mass is 226 g/mol. The first kappa shape index (κ1) is 15.2. The van der Waals surface area contributed by atoms with Gasteiger partial charge in [-0.2, -0.15) is 0 Å². The Hall–Kier alpha value is -0.790. The quantitative estimate of drug-likeness (QED) is 0.492. The van der Waals surface area contributed by atoms with Crippen molar-refractivity contribution in [3.05, 3.63) is 11.6 Å². The molecule has 0 fully saturated rings. The van der Waals surface area contributed by atoms with Crippen molar-refractivity contribution in [2.45, 2.75) is 66.2 Å². The largest absolute Gasteiger partial charge is 0.478 e. The van der Waals surface area contributed by atoms with E-state index in [-0.39, 0.29) is 5.41 Å². The van der Waals surface area contributed by atoms with Crippen LogP contribution in [0, 0.1) is 5.41 Å². The van der Waals surface area contributed by atoms with Crippen molar-refractivity contribution in [2.24, 2.45) is 5.41 Å². The van der Waals surface area contributed by atoms with Crippen LogP contribution in [0.4, 0.5) is 0 Å². The number of hydrogen-bond acceptors (Lipinski definition) is 1. The van der Waals surface area contributed by atoms with Crippen molar-refractivity contribution >= 4 is 5.97 Å². The Morgan fingerprint density at radius 1 is 1.19 bits per heavy atom. The molecule has 0 rings (SSSR count). The van der Waals surface area contributed by atoms with Crippen LogP contribution in [0.2, 0.25) is 0 Å². The van der Waals surface area contributed by atoms with Gasteiger partial charge in [0.25, 0.3) is 0 Å². The zero-order valence-corrected chi connectivity index (χ0v) is 11.2. The fourth-order valence-corrected chi connectivity index (χ4v) is 1.90. The lowest BCUT2D eigenvalue weighted by Crippen LogP contribution is -2.10. The highest BCUT2D eigenvalue weighted by atomic mass is 16.4. The van der Waals surface area contributed by atoms with E-state index >= 15 is 0 Å². The number of allylic oxidation sites excluding steroid dienone is 1. The van der Waals surface area contributed by atoms with Crippen LogP contribution in [-0.2, 0) is 4.79 Å². The highest BCUT2D eigenvalue weighted by Crippen LogP contribution is 2.27. The molecule has 0 spiro atoms. The standard InChI is InChI=1S/C14H26O2/c1-5-6-7-8-9-10-14(3,4)11-12(2)13(15)16/h11H,5-10H2,1-4H3,(H,15,16). The van der Waals surface area contributed by atoms with E-state index in [2.05, 4.69) is 20.8 Å². The molecule has 94 valence electrons. The Morgan fingerprint density at radius 2 is 1.75 bits per heavy atom. The fourth-order valence-electron chi connectivity index (χ4n) is 1.90. The maximum absolute atomic E-state index is 10.7. The average Bonchev–Trinajstić information content (AvgIpc) is 2.16. The zero-order valence-electron chi connectivity index (χ0n) is 11.2. The van der Waals surface area contributed by atoms with Crippen molar-refractivity contribution in [2.75, 3.05) is 0 Å². The lowest BCUT2D eigenvalue weighted by atomic mass is 9.85. The summed E-state index contributed by atoms with van der Waals surface area (Å²) >= 11 is 0. The molecule has 0 aliphatic rings. The molecule has 2 nitrogen and oxygen atoms in total. The Kier molecular flexibility index (Phi) is 7.11. The van der Waals surface area contributed by atoms with Gasteiger partial charge < -0.3 is 5.11 Å². The molecule has 0 amide bonds. The van der Waals surface area contributed by atoms with E-state index in [9.17, 15) is 4.79 Å². The van der Waals surface area contributed by atoms with Crippen LogP contribution in [0.5, 0.6) is 0 Å². The highest BCUT2D eigenvalue weighted by Gasteiger charge is 2.16. The number of hydrogen-bond donors (Lipinski definition) is 1. The summed E-state index contributed by atoms with van der Waals surface area (Å²) in [5.41, 5.74) is 0.466. The molecular weight excluding hydrogens is 200 g/mol. The molecular formula is C14H26O2. The third kappa shape index (κ3) is 7.49. The molecule has 0 aliphatic carbocycles. The van der Waals surface area contributed by atoms with Gasteiger partial charge in [0.05, 0.1) is 0 Å². The molecule has 0 bridgehead atoms. The van der Waals surface area contributed by atoms with Gasteiger partial charge in [-0.15, -0.1) is 0 Å². The molecule has 2 heteroatoms. The smallest absolute Gasteiger partial charge is 0.330 e. The van der Waals surface area contributed by atoms with Crippen LogP contribution in [-0.4, -0.2) is 11.1 Å². The third-order valence-corrected chi connectivity index (χ3v) is 2.87. The number of unbranched alkanes of at least 4 members (excludes halogenated alkanes) is 4. The van der Waals surface area contributed by atoms with Crippen LogP contribution in [0.1, 0.15) is 66.2 Å². The van der Waals surface area contributed by atoms with Crippen LogP contribution < -0.4 is 0 Å². The highest BCUT2D eigenvalue weighted by molar-refractivity contribution is 5.85. The number of rotatable bonds is 8. The van der Waals surface area contributed by atoms with Crippen molar-refractivity contribution in [3.63, 3.8) is 0 Å². The first-order valence-electron chi connectivity index (χ1n) is 6.32. The van der Waals surface area contributed by atoms with Crippen molar-refractivity contribution in [1.29, 1.82) is 0 Å². The summed E-state index contributed by atoms with van der Waals surface area (Å²) in [5, 5.41) is 8.82. The van der Waals surface area contributed by atoms with Gasteiger partial charge in [-0.3, -0.25) is 0 Å². The lowest BCUT2D eigenvalue weighted by Gasteiger charge is -2.20. The minimum absolute atomic E-state index is 0.00862. The molecule has 0 saturated heterocycles. The maximum atomic E-state index is 10.7. The minimum Gasteiger partial charge on any atom is -0.478 e. The summed E-state index contributed by atoms with van der Waals surface area (Å²) in [6, 6.07) is 0. The zero-order chi connectivity index (χ0) is 12.6. The summed E-state index contributed by atoms with van der Waals surface area (Å²) in [5.74, 6) is -0.806. The molecule has 0 heterocycles. The molecule has 0 unspecified atom stereocenters. The van der Waals surface area contributed by atoms with E-state index in [0.29, 0.717) is 5.57 Å². The van der Waals surface area contributed by atoms with Crippen LogP contribution in [0.15, 0.2) is 11.6 Å². The van der Waals surface area contributed by atoms with Crippen LogP contribution in [0.25, 0.3) is 0 Å². The molecule has 0 aromatic heterocycles. The van der Waals surface area contributed by atoms with Gasteiger partial charge in [-0.25, -0.2) is 4.79 Å². The Balaban J connectivity index is 3.96. The van der Waals surface area contributed by atoms with Crippen LogP contribution >= 0.6 is 0 Å². The molecule has 0 aliphatic heterocycles. The van der Waals surface area contributed by atoms with E-state index in [4.69, 9.17) is 5.11 Å². The Morgan fingerprint density at radius 3 is 2.25 bits per heavy atom. The minimum atomic E-state index is -0.806. The number of aliphatic carboxylic acids is 1. The van der Waals surface area contributed by atoms with E-state index in [1.807, 2.05) is 6.08 Å². The second-order valence-corrected chi connectivity index (χ2v) is 5.29. The normalized spacial score (nSPS) is 12.9. The van der Waals surface area contributed by atoms with Crippen molar-refractivity contribution < 1.29 is 9.90 Å². The van der Waals surface area contributed by atoms with Gasteiger partial charge >= 0.3 is 5.97 Å². The van der Waals surface area contributed by atoms with E-state index in [1.165, 1.54) is 32.1 Å². The summed E-state index contributed by atoms with van der Waals surface area (Å²) in [7, 11) is 0. The summed E-state index contributed by atoms with van der Waals surface area (Å²) in [6.45, 7) is 8.10. The van der Waals surface area contributed by atoms with Gasteiger partial charge in [-0.05, 0) is 18.8 Å². The predicted molar refractivity (Wildman–Crippen MR) is 68.5 cm³/mol. The molecule has 1 N–H and O–H groups in total. The van der Waals surface area contributed by atoms with Gasteiger partial charge in [0.2, 0.25) is 0 Å². The third-order valence-electron chi connectivity index (χ3n) is 2.87. The summed E-state index contributed by atoms with van der Waals surface area (Å²) in [4.78, 5) is 10.7. The molecule has 0 atom stereocenters. The SMILES string of the molecule is CCCCCCCC(C)(C)C=C(C)C(=O)O. The van der Waals surface area contributed by atoms with E-state index in [0.717, 1.165) is 6.42 Å². The van der Waals surface area contributed by atoms with E-state index in [1.54, 1.807) is 6.92 Å². The van der Waals surface area contributed by atoms with Gasteiger partial charge in [0.15, 0.2) is 0 Å². The second-order valence-electron chi connectivity index (χ2n) is 5.29. The van der Waals surface area contributed by atoms with Gasteiger partial charge in [-0.1, -0.05) is 59.0 Å². The van der Waals surface area contributed by atoms with E-state index < -0.39 is 5.97 Å². The molecule has 0 saturated carbocycles. The van der Waals surface area contributed by atoms with Gasteiger partial charge in [0.1, 0.15) is 0 Å². The number of carboxylic acids is 1. The second kappa shape index (κ2) is 7.48. The number of carbonyl (C=O) groups is 1. The molecule has 0 radical (unpaired) electrons. The van der Waals surface area contributed by atoms with Gasteiger partial charge in [0, 0.05) is 5.57 Å². The fraction of sp³-hybridized carbons (Fsp3) is 0.786. The van der Waals surface area contributed by atoms with Crippen molar-refractivity contribution in [1.82, 2.24) is 0 Å². The van der Waals surface area contributed by atoms with Crippen molar-refractivity contribution in [3.8, 4) is 0 Å². The number of carboxylic acid groups (broad SMARTS) is 1. The first-order chi connectivity index (χ1) is 7.39. The van der Waals surface area contributed by atoms with Crippen LogP contribution in [0.3, 0.4) is 0 Å². The first-order valence-corrected chi connectivity index (χ1v) is 6.32. The molecule has 0 aromatic rings. The average molecular weight is 226 g/mol. The Bertz CT molecular complexity index is 239. The lowest BCUT2D eigenvalue weighted by molar-refractivity contribution is -0.132. The Labute approximate surface area is 99.7 Å². The predicted octanol–water partition coefficient (Wildman–Crippen LogP) is 4.40.